The molecule has 0 unspecified atom stereocenters. The van der Waals surface area contributed by atoms with E-state index in [1.54, 1.807) is 6.07 Å². The Bertz CT molecular complexity index is 321. The monoisotopic (exact) mass is 200 g/mol. The highest BCUT2D eigenvalue weighted by molar-refractivity contribution is 7.86. The summed E-state index contributed by atoms with van der Waals surface area (Å²) in [6.07, 6.45) is 0. The van der Waals surface area contributed by atoms with Crippen molar-refractivity contribution in [3.63, 3.8) is 0 Å². The largest absolute Gasteiger partial charge is 0.323 e. The second-order valence-corrected chi connectivity index (χ2v) is 3.37. The van der Waals surface area contributed by atoms with Crippen molar-refractivity contribution in [1.82, 2.24) is 0 Å². The Kier molecular flexibility index (Phi) is 4.72. The quantitative estimate of drug-likeness (QED) is 0.413. The molecule has 4 nitrogen and oxygen atoms in total. The normalized spacial score (nSPS) is 10.4. The van der Waals surface area contributed by atoms with Crippen molar-refractivity contribution in [2.45, 2.75) is 4.90 Å². The van der Waals surface area contributed by atoms with Gasteiger partial charge in [0.15, 0.2) is 0 Å². The Morgan fingerprint density at radius 2 is 1.67 bits per heavy atom. The van der Waals surface area contributed by atoms with E-state index in [4.69, 9.17) is 5.26 Å². The van der Waals surface area contributed by atoms with Gasteiger partial charge in [-0.3, -0.25) is 0 Å². The summed E-state index contributed by atoms with van der Waals surface area (Å²) < 4.78 is 24.8. The van der Waals surface area contributed by atoms with Crippen LogP contribution in [0.4, 0.5) is 0 Å². The second-order valence-electron chi connectivity index (χ2n) is 1.84. The van der Waals surface area contributed by atoms with E-state index in [1.165, 1.54) is 24.3 Å². The van der Waals surface area contributed by atoms with Crippen LogP contribution in [0.3, 0.4) is 0 Å². The van der Waals surface area contributed by atoms with Crippen LogP contribution < -0.4 is 0 Å². The van der Waals surface area contributed by atoms with Gasteiger partial charge in [0.25, 0.3) is 0 Å². The lowest BCUT2D eigenvalue weighted by molar-refractivity contribution is -0.130. The van der Waals surface area contributed by atoms with Crippen LogP contribution in [-0.4, -0.2) is 36.7 Å². The third-order valence-electron chi connectivity index (χ3n) is 1.13. The van der Waals surface area contributed by atoms with E-state index < -0.39 is 10.1 Å². The van der Waals surface area contributed by atoms with E-state index in [0.29, 0.717) is 0 Å². The molecule has 0 bridgehead atoms. The fourth-order valence-electron chi connectivity index (χ4n) is 0.630. The fraction of sp³-hybridized carbons (Fsp3) is 0. The van der Waals surface area contributed by atoms with Crippen LogP contribution in [0, 0.1) is 0 Å². The summed E-state index contributed by atoms with van der Waals surface area (Å²) in [6.45, 7) is 0. The summed E-state index contributed by atoms with van der Waals surface area (Å²) in [7, 11) is -3.94. The molecule has 0 fully saturated rings. The molecule has 0 spiro atoms. The van der Waals surface area contributed by atoms with Gasteiger partial charge in [0.1, 0.15) is 0 Å². The minimum Gasteiger partial charge on any atom is -0.235 e. The highest BCUT2D eigenvalue weighted by Gasteiger charge is 2.12. The molecule has 0 amide bonds. The van der Waals surface area contributed by atoms with Crippen LogP contribution in [0.2, 0.25) is 0 Å². The Balaban J connectivity index is 0.00000121. The molecule has 1 rings (SSSR count). The Morgan fingerprint density at radius 1 is 1.17 bits per heavy atom. The van der Waals surface area contributed by atoms with Crippen molar-refractivity contribution >= 4 is 33.2 Å². The zero-order chi connectivity index (χ0) is 8.32. The summed E-state index contributed by atoms with van der Waals surface area (Å²) in [5, 5.41) is 7.96. The van der Waals surface area contributed by atoms with Gasteiger partial charge in [-0.25, -0.2) is 5.26 Å². The number of hydrogen-bond donors (Lipinski definition) is 1. The summed E-state index contributed by atoms with van der Waals surface area (Å²) in [6, 6.07) is 7.38. The average Bonchev–Trinajstić information content (AvgIpc) is 2.06. The van der Waals surface area contributed by atoms with Gasteiger partial charge in [0.2, 0.25) is 0 Å². The molecule has 6 heteroatoms. The van der Waals surface area contributed by atoms with E-state index in [2.05, 4.69) is 4.33 Å². The van der Waals surface area contributed by atoms with Crippen LogP contribution in [0.1, 0.15) is 0 Å². The zero-order valence-electron chi connectivity index (χ0n) is 5.47. The molecule has 1 N–H and O–H groups in total. The summed E-state index contributed by atoms with van der Waals surface area (Å²) in [5.74, 6) is 0. The topological polar surface area (TPSA) is 63.6 Å². The van der Waals surface area contributed by atoms with Gasteiger partial charge in [0, 0.05) is 0 Å². The van der Waals surface area contributed by atoms with Gasteiger partial charge in [-0.05, 0) is 12.1 Å². The van der Waals surface area contributed by atoms with E-state index in [0.717, 1.165) is 0 Å². The van der Waals surface area contributed by atoms with Crippen molar-refractivity contribution in [2.24, 2.45) is 0 Å². The molecule has 0 aliphatic heterocycles. The number of benzene rings is 1. The molecule has 0 saturated heterocycles. The van der Waals surface area contributed by atoms with Crippen molar-refractivity contribution in [2.75, 3.05) is 0 Å². The molecule has 0 atom stereocenters. The Hall–Kier alpha value is -0.144. The molecule has 0 radical (unpaired) electrons. The summed E-state index contributed by atoms with van der Waals surface area (Å²) in [4.78, 5) is -0.0671. The first-order valence-corrected chi connectivity index (χ1v) is 4.21. The fourth-order valence-corrected chi connectivity index (χ4v) is 1.21. The third kappa shape index (κ3) is 2.72. The standard InChI is InChI=1S/C6H6O4S.Mg.2H/c7-10-11(8,9)6-4-2-1-3-5-6;;;/h1-5,7H;;;. The maximum atomic E-state index is 10.7. The molecule has 0 saturated carbocycles. The number of hydrogen-bond acceptors (Lipinski definition) is 4. The van der Waals surface area contributed by atoms with Crippen LogP contribution in [0.15, 0.2) is 35.2 Å². The first kappa shape index (κ1) is 11.9. The van der Waals surface area contributed by atoms with Gasteiger partial charge in [-0.1, -0.05) is 18.2 Å². The van der Waals surface area contributed by atoms with Crippen LogP contribution in [0.25, 0.3) is 0 Å². The lowest BCUT2D eigenvalue weighted by Crippen LogP contribution is -2.02. The lowest BCUT2D eigenvalue weighted by Gasteiger charge is -1.96. The molecule has 64 valence electrons. The predicted octanol–water partition coefficient (Wildman–Crippen LogP) is -0.0513. The Labute approximate surface area is 86.4 Å². The van der Waals surface area contributed by atoms with Gasteiger partial charge >= 0.3 is 33.2 Å². The van der Waals surface area contributed by atoms with Crippen molar-refractivity contribution < 1.29 is 18.0 Å². The SMILES string of the molecule is O=S(=O)(OO)c1ccccc1.[MgH2]. The summed E-state index contributed by atoms with van der Waals surface area (Å²) in [5.41, 5.74) is 0. The maximum Gasteiger partial charge on any atom is 0.323 e. The van der Waals surface area contributed by atoms with Gasteiger partial charge in [-0.2, -0.15) is 8.42 Å². The third-order valence-corrected chi connectivity index (χ3v) is 2.18. The second kappa shape index (κ2) is 4.78. The first-order chi connectivity index (χ1) is 5.17. The summed E-state index contributed by atoms with van der Waals surface area (Å²) >= 11 is 0. The van der Waals surface area contributed by atoms with Crippen molar-refractivity contribution in [1.29, 1.82) is 0 Å². The van der Waals surface area contributed by atoms with Crippen LogP contribution in [0.5, 0.6) is 0 Å². The predicted molar refractivity (Wildman–Crippen MR) is 45.9 cm³/mol. The highest BCUT2D eigenvalue weighted by Crippen LogP contribution is 2.08. The smallest absolute Gasteiger partial charge is 0.235 e. The van der Waals surface area contributed by atoms with E-state index in [-0.39, 0.29) is 27.9 Å². The average molecular weight is 200 g/mol. The molecular weight excluding hydrogens is 192 g/mol. The molecular formula is C6H8MgO4S. The van der Waals surface area contributed by atoms with Gasteiger partial charge in [0.05, 0.1) is 4.90 Å². The van der Waals surface area contributed by atoms with Crippen molar-refractivity contribution in [3.05, 3.63) is 30.3 Å². The zero-order valence-corrected chi connectivity index (χ0v) is 6.28. The lowest BCUT2D eigenvalue weighted by atomic mass is 10.4. The molecule has 1 aromatic carbocycles. The number of rotatable bonds is 2. The van der Waals surface area contributed by atoms with Crippen LogP contribution >= 0.6 is 0 Å². The molecule has 0 aliphatic carbocycles. The van der Waals surface area contributed by atoms with Gasteiger partial charge < -0.3 is 0 Å². The van der Waals surface area contributed by atoms with E-state index >= 15 is 0 Å². The molecule has 0 aromatic heterocycles. The molecule has 0 heterocycles. The maximum absolute atomic E-state index is 10.7. The molecule has 12 heavy (non-hydrogen) atoms. The van der Waals surface area contributed by atoms with Crippen LogP contribution in [-0.2, 0) is 14.5 Å². The molecule has 1 aromatic rings. The first-order valence-electron chi connectivity index (χ1n) is 2.80. The highest BCUT2D eigenvalue weighted by atomic mass is 32.2. The Morgan fingerprint density at radius 3 is 2.08 bits per heavy atom. The van der Waals surface area contributed by atoms with Crippen molar-refractivity contribution in [3.8, 4) is 0 Å². The minimum absolute atomic E-state index is 0. The minimum atomic E-state index is -3.94. The molecule has 0 aliphatic rings. The van der Waals surface area contributed by atoms with E-state index in [9.17, 15) is 8.42 Å². The van der Waals surface area contributed by atoms with E-state index in [1.807, 2.05) is 0 Å². The van der Waals surface area contributed by atoms with Gasteiger partial charge in [-0.15, -0.1) is 4.33 Å².